The summed E-state index contributed by atoms with van der Waals surface area (Å²) < 4.78 is 11.5. The molecule has 0 aliphatic rings. The Morgan fingerprint density at radius 3 is 2.19 bits per heavy atom. The molecule has 0 aliphatic carbocycles. The molecule has 90 valence electrons. The molecule has 1 unspecified atom stereocenters. The van der Waals surface area contributed by atoms with Crippen molar-refractivity contribution in [1.82, 2.24) is 0 Å². The topological polar surface area (TPSA) is 18.5 Å². The molecule has 0 aliphatic heterocycles. The third-order valence-electron chi connectivity index (χ3n) is 2.40. The van der Waals surface area contributed by atoms with Crippen LogP contribution in [0.2, 0.25) is 0 Å². The molecule has 0 heterocycles. The average Bonchev–Trinajstić information content (AvgIpc) is 2.27. The van der Waals surface area contributed by atoms with Crippen molar-refractivity contribution >= 4 is 31.9 Å². The predicted octanol–water partition coefficient (Wildman–Crippen LogP) is 4.56. The lowest BCUT2D eigenvalue weighted by atomic mass is 10.0. The summed E-state index contributed by atoms with van der Waals surface area (Å²) in [5.74, 6) is 2.10. The van der Waals surface area contributed by atoms with E-state index in [1.165, 1.54) is 0 Å². The normalized spacial score (nSPS) is 12.7. The summed E-state index contributed by atoms with van der Waals surface area (Å²) >= 11 is 7.18. The molecular weight excluding hydrogens is 336 g/mol. The van der Waals surface area contributed by atoms with E-state index in [0.29, 0.717) is 5.92 Å². The molecule has 0 amide bonds. The van der Waals surface area contributed by atoms with Gasteiger partial charge in [0.25, 0.3) is 0 Å². The lowest BCUT2D eigenvalue weighted by Gasteiger charge is -2.19. The monoisotopic (exact) mass is 350 g/mol. The van der Waals surface area contributed by atoms with Gasteiger partial charge in [-0.25, -0.2) is 0 Å². The minimum absolute atomic E-state index is 0.268. The SMILES string of the molecule is COc1ccc(C(Br)C(C)C)c(OC)c1Br. The van der Waals surface area contributed by atoms with Crippen molar-refractivity contribution in [3.05, 3.63) is 22.2 Å². The number of ether oxygens (including phenoxy) is 2. The summed E-state index contributed by atoms with van der Waals surface area (Å²) in [5, 5.41) is 0. The highest BCUT2D eigenvalue weighted by Gasteiger charge is 2.20. The van der Waals surface area contributed by atoms with Gasteiger partial charge in [0.2, 0.25) is 0 Å². The van der Waals surface area contributed by atoms with Crippen molar-refractivity contribution in [2.75, 3.05) is 14.2 Å². The predicted molar refractivity (Wildman–Crippen MR) is 73.8 cm³/mol. The number of benzene rings is 1. The molecular formula is C12H16Br2O2. The van der Waals surface area contributed by atoms with E-state index in [2.05, 4.69) is 45.7 Å². The Balaban J connectivity index is 3.25. The first-order chi connectivity index (χ1) is 7.52. The highest BCUT2D eigenvalue weighted by atomic mass is 79.9. The van der Waals surface area contributed by atoms with Crippen molar-refractivity contribution in [2.24, 2.45) is 5.92 Å². The summed E-state index contributed by atoms with van der Waals surface area (Å²) in [6.45, 7) is 4.33. The zero-order valence-electron chi connectivity index (χ0n) is 9.88. The van der Waals surface area contributed by atoms with Crippen LogP contribution in [0.3, 0.4) is 0 Å². The van der Waals surface area contributed by atoms with Crippen molar-refractivity contribution in [3.8, 4) is 11.5 Å². The molecule has 0 saturated heterocycles. The molecule has 1 atom stereocenters. The van der Waals surface area contributed by atoms with E-state index in [1.54, 1.807) is 14.2 Å². The van der Waals surface area contributed by atoms with Gasteiger partial charge in [-0.2, -0.15) is 0 Å². The zero-order chi connectivity index (χ0) is 12.3. The van der Waals surface area contributed by atoms with Crippen LogP contribution in [0.1, 0.15) is 24.2 Å². The third-order valence-corrected chi connectivity index (χ3v) is 4.70. The second-order valence-corrected chi connectivity index (χ2v) is 5.63. The largest absolute Gasteiger partial charge is 0.495 e. The summed E-state index contributed by atoms with van der Waals surface area (Å²) in [7, 11) is 3.32. The Morgan fingerprint density at radius 1 is 1.12 bits per heavy atom. The molecule has 4 heteroatoms. The third kappa shape index (κ3) is 2.72. The first-order valence-electron chi connectivity index (χ1n) is 5.07. The van der Waals surface area contributed by atoms with Crippen LogP contribution in [0.15, 0.2) is 16.6 Å². The van der Waals surface area contributed by atoms with Gasteiger partial charge in [-0.05, 0) is 27.9 Å². The Kier molecular flexibility index (Phi) is 5.12. The quantitative estimate of drug-likeness (QED) is 0.740. The summed E-state index contributed by atoms with van der Waals surface area (Å²) in [6, 6.07) is 3.97. The van der Waals surface area contributed by atoms with Crippen LogP contribution >= 0.6 is 31.9 Å². The number of rotatable bonds is 4. The Morgan fingerprint density at radius 2 is 1.75 bits per heavy atom. The molecule has 1 rings (SSSR count). The molecule has 2 nitrogen and oxygen atoms in total. The molecule has 0 saturated carbocycles. The van der Waals surface area contributed by atoms with Crippen molar-refractivity contribution < 1.29 is 9.47 Å². The number of hydrogen-bond donors (Lipinski definition) is 0. The minimum Gasteiger partial charge on any atom is -0.495 e. The van der Waals surface area contributed by atoms with E-state index in [0.717, 1.165) is 21.5 Å². The van der Waals surface area contributed by atoms with Gasteiger partial charge in [0, 0.05) is 10.4 Å². The maximum absolute atomic E-state index is 5.43. The fraction of sp³-hybridized carbons (Fsp3) is 0.500. The molecule has 1 aromatic carbocycles. The van der Waals surface area contributed by atoms with Gasteiger partial charge in [-0.1, -0.05) is 35.8 Å². The van der Waals surface area contributed by atoms with Gasteiger partial charge in [-0.15, -0.1) is 0 Å². The highest BCUT2D eigenvalue weighted by Crippen LogP contribution is 2.44. The Labute approximate surface area is 114 Å². The van der Waals surface area contributed by atoms with Crippen LogP contribution in [0.5, 0.6) is 11.5 Å². The fourth-order valence-electron chi connectivity index (χ4n) is 1.49. The van der Waals surface area contributed by atoms with Gasteiger partial charge >= 0.3 is 0 Å². The summed E-state index contributed by atoms with van der Waals surface area (Å²) in [5.41, 5.74) is 1.13. The van der Waals surface area contributed by atoms with Crippen LogP contribution in [-0.4, -0.2) is 14.2 Å². The lowest BCUT2D eigenvalue weighted by molar-refractivity contribution is 0.384. The molecule has 16 heavy (non-hydrogen) atoms. The van der Waals surface area contributed by atoms with Gasteiger partial charge in [0.05, 0.1) is 14.2 Å². The van der Waals surface area contributed by atoms with Gasteiger partial charge in [0.1, 0.15) is 16.0 Å². The van der Waals surface area contributed by atoms with Gasteiger partial charge in [0.15, 0.2) is 0 Å². The molecule has 0 N–H and O–H groups in total. The van der Waals surface area contributed by atoms with Crippen LogP contribution in [0, 0.1) is 5.92 Å². The molecule has 0 spiro atoms. The molecule has 0 fully saturated rings. The van der Waals surface area contributed by atoms with E-state index >= 15 is 0 Å². The minimum atomic E-state index is 0.268. The molecule has 0 aromatic heterocycles. The maximum atomic E-state index is 5.43. The number of halogens is 2. The second-order valence-electron chi connectivity index (χ2n) is 3.85. The molecule has 0 bridgehead atoms. The van der Waals surface area contributed by atoms with Crippen LogP contribution < -0.4 is 9.47 Å². The lowest BCUT2D eigenvalue weighted by Crippen LogP contribution is -2.02. The van der Waals surface area contributed by atoms with E-state index in [9.17, 15) is 0 Å². The fourth-order valence-corrected chi connectivity index (χ4v) is 2.54. The van der Waals surface area contributed by atoms with Crippen LogP contribution in [0.25, 0.3) is 0 Å². The number of alkyl halides is 1. The first-order valence-corrected chi connectivity index (χ1v) is 6.78. The standard InChI is InChI=1S/C12H16Br2O2/c1-7(2)10(13)8-5-6-9(15-3)11(14)12(8)16-4/h5-7,10H,1-4H3. The smallest absolute Gasteiger partial charge is 0.141 e. The van der Waals surface area contributed by atoms with Crippen molar-refractivity contribution in [1.29, 1.82) is 0 Å². The molecule has 1 aromatic rings. The van der Waals surface area contributed by atoms with Crippen molar-refractivity contribution in [2.45, 2.75) is 18.7 Å². The van der Waals surface area contributed by atoms with Crippen LogP contribution in [0.4, 0.5) is 0 Å². The Bertz CT molecular complexity index is 364. The first kappa shape index (κ1) is 13.8. The Hall–Kier alpha value is -0.220. The van der Waals surface area contributed by atoms with E-state index < -0.39 is 0 Å². The van der Waals surface area contributed by atoms with E-state index in [4.69, 9.17) is 9.47 Å². The second kappa shape index (κ2) is 5.92. The zero-order valence-corrected chi connectivity index (χ0v) is 13.1. The summed E-state index contributed by atoms with van der Waals surface area (Å²) in [6.07, 6.45) is 0. The van der Waals surface area contributed by atoms with Gasteiger partial charge < -0.3 is 9.47 Å². The highest BCUT2D eigenvalue weighted by molar-refractivity contribution is 9.10. The number of methoxy groups -OCH3 is 2. The van der Waals surface area contributed by atoms with Crippen molar-refractivity contribution in [3.63, 3.8) is 0 Å². The average molecular weight is 352 g/mol. The van der Waals surface area contributed by atoms with E-state index in [-0.39, 0.29) is 4.83 Å². The molecule has 0 radical (unpaired) electrons. The van der Waals surface area contributed by atoms with E-state index in [1.807, 2.05) is 12.1 Å². The number of hydrogen-bond acceptors (Lipinski definition) is 2. The maximum Gasteiger partial charge on any atom is 0.141 e. The summed E-state index contributed by atoms with van der Waals surface area (Å²) in [4.78, 5) is 0.268. The van der Waals surface area contributed by atoms with Gasteiger partial charge in [-0.3, -0.25) is 0 Å². The van der Waals surface area contributed by atoms with Crippen LogP contribution in [-0.2, 0) is 0 Å².